The van der Waals surface area contributed by atoms with Crippen molar-refractivity contribution in [3.05, 3.63) is 41.8 Å². The fourth-order valence-electron chi connectivity index (χ4n) is 2.07. The average molecular weight is 415 g/mol. The Bertz CT molecular complexity index is 836. The molecule has 0 saturated heterocycles. The van der Waals surface area contributed by atoms with Crippen molar-refractivity contribution >= 4 is 23.5 Å². The third kappa shape index (κ3) is 7.80. The minimum absolute atomic E-state index is 0.0660. The molecule has 2 rings (SSSR count). The van der Waals surface area contributed by atoms with Crippen LogP contribution < -0.4 is 16.0 Å². The van der Waals surface area contributed by atoms with Crippen LogP contribution in [0.5, 0.6) is 0 Å². The standard InChI is InChI=1S/C18H21F4N5O2/c1-17(2,3)29-16(28)24-9-8-23-15-26-13(18(20,21)22)10-14(27-15)25-12-6-4-11(19)5-7-12/h4-7,10H,8-9H2,1-3H3,(H,24,28)(H2,23,25,26,27). The van der Waals surface area contributed by atoms with Gasteiger partial charge in [0.1, 0.15) is 17.2 Å². The average Bonchev–Trinajstić information content (AvgIpc) is 2.58. The molecule has 29 heavy (non-hydrogen) atoms. The molecule has 3 N–H and O–H groups in total. The molecule has 11 heteroatoms. The Morgan fingerprint density at radius 2 is 1.72 bits per heavy atom. The smallest absolute Gasteiger partial charge is 0.433 e. The normalized spacial score (nSPS) is 11.7. The minimum Gasteiger partial charge on any atom is -0.444 e. The van der Waals surface area contributed by atoms with Gasteiger partial charge in [0.05, 0.1) is 0 Å². The van der Waals surface area contributed by atoms with Crippen LogP contribution in [0.4, 0.5) is 39.8 Å². The summed E-state index contributed by atoms with van der Waals surface area (Å²) in [6.07, 6.45) is -5.34. The first kappa shape index (κ1) is 22.2. The molecule has 0 aliphatic carbocycles. The number of carbonyl (C=O) groups is 1. The molecule has 0 aliphatic rings. The molecule has 1 amide bonds. The quantitative estimate of drug-likeness (QED) is 0.481. The maximum Gasteiger partial charge on any atom is 0.433 e. The Labute approximate surface area is 164 Å². The van der Waals surface area contributed by atoms with E-state index in [9.17, 15) is 22.4 Å². The van der Waals surface area contributed by atoms with Gasteiger partial charge < -0.3 is 20.7 Å². The molecule has 0 bridgehead atoms. The molecule has 1 aromatic carbocycles. The van der Waals surface area contributed by atoms with Gasteiger partial charge in [-0.05, 0) is 45.0 Å². The number of benzene rings is 1. The molecule has 0 atom stereocenters. The van der Waals surface area contributed by atoms with Gasteiger partial charge in [-0.2, -0.15) is 18.2 Å². The minimum atomic E-state index is -4.69. The predicted molar refractivity (Wildman–Crippen MR) is 99.4 cm³/mol. The second-order valence-electron chi connectivity index (χ2n) is 6.95. The van der Waals surface area contributed by atoms with Crippen molar-refractivity contribution in [2.45, 2.75) is 32.5 Å². The third-order valence-corrected chi connectivity index (χ3v) is 3.21. The first-order valence-electron chi connectivity index (χ1n) is 8.62. The largest absolute Gasteiger partial charge is 0.444 e. The SMILES string of the molecule is CC(C)(C)OC(=O)NCCNc1nc(Nc2ccc(F)cc2)cc(C(F)(F)F)n1. The molecule has 2 aromatic rings. The highest BCUT2D eigenvalue weighted by Crippen LogP contribution is 2.30. The molecule has 1 aromatic heterocycles. The lowest BCUT2D eigenvalue weighted by Crippen LogP contribution is -2.35. The number of carbonyl (C=O) groups excluding carboxylic acids is 1. The Hall–Kier alpha value is -3.11. The lowest BCUT2D eigenvalue weighted by atomic mass is 10.2. The number of hydrogen-bond acceptors (Lipinski definition) is 6. The number of nitrogens with one attached hydrogen (secondary N) is 3. The molecular weight excluding hydrogens is 394 g/mol. The van der Waals surface area contributed by atoms with Gasteiger partial charge in [-0.25, -0.2) is 14.2 Å². The molecule has 7 nitrogen and oxygen atoms in total. The predicted octanol–water partition coefficient (Wildman–Crippen LogP) is 4.31. The van der Waals surface area contributed by atoms with E-state index >= 15 is 0 Å². The van der Waals surface area contributed by atoms with E-state index in [1.54, 1.807) is 20.8 Å². The topological polar surface area (TPSA) is 88.2 Å². The Balaban J connectivity index is 2.04. The second kappa shape index (κ2) is 8.93. The van der Waals surface area contributed by atoms with Crippen LogP contribution in [-0.2, 0) is 10.9 Å². The summed E-state index contributed by atoms with van der Waals surface area (Å²) in [6.45, 7) is 5.26. The molecule has 0 saturated carbocycles. The number of halogens is 4. The van der Waals surface area contributed by atoms with Crippen LogP contribution in [-0.4, -0.2) is 34.8 Å². The molecule has 0 radical (unpaired) electrons. The summed E-state index contributed by atoms with van der Waals surface area (Å²) in [4.78, 5) is 19.0. The second-order valence-corrected chi connectivity index (χ2v) is 6.95. The van der Waals surface area contributed by atoms with Crippen LogP contribution >= 0.6 is 0 Å². The van der Waals surface area contributed by atoms with Gasteiger partial charge in [-0.15, -0.1) is 0 Å². The van der Waals surface area contributed by atoms with Gasteiger partial charge in [-0.1, -0.05) is 0 Å². The van der Waals surface area contributed by atoms with Gasteiger partial charge in [-0.3, -0.25) is 0 Å². The molecule has 158 valence electrons. The molecule has 0 unspecified atom stereocenters. The van der Waals surface area contributed by atoms with Gasteiger partial charge >= 0.3 is 12.3 Å². The van der Waals surface area contributed by atoms with Crippen molar-refractivity contribution in [3.63, 3.8) is 0 Å². The van der Waals surface area contributed by atoms with Gasteiger partial charge in [0.15, 0.2) is 5.69 Å². The summed E-state index contributed by atoms with van der Waals surface area (Å²) >= 11 is 0. The lowest BCUT2D eigenvalue weighted by molar-refractivity contribution is -0.141. The molecular formula is C18H21F4N5O2. The van der Waals surface area contributed by atoms with Crippen molar-refractivity contribution in [1.29, 1.82) is 0 Å². The first-order chi connectivity index (χ1) is 13.4. The summed E-state index contributed by atoms with van der Waals surface area (Å²) in [5.74, 6) is -0.883. The number of alkyl carbamates (subject to hydrolysis) is 1. The number of anilines is 3. The number of ether oxygens (including phenoxy) is 1. The summed E-state index contributed by atoms with van der Waals surface area (Å²) in [6, 6.07) is 5.80. The Morgan fingerprint density at radius 1 is 1.07 bits per heavy atom. The summed E-state index contributed by atoms with van der Waals surface area (Å²) < 4.78 is 57.4. The van der Waals surface area contributed by atoms with Gasteiger partial charge in [0, 0.05) is 24.8 Å². The molecule has 0 fully saturated rings. The number of rotatable bonds is 6. The summed E-state index contributed by atoms with van der Waals surface area (Å²) in [5, 5.41) is 7.75. The fourth-order valence-corrected chi connectivity index (χ4v) is 2.07. The van der Waals surface area contributed by atoms with E-state index in [0.29, 0.717) is 5.69 Å². The molecule has 0 spiro atoms. The zero-order valence-electron chi connectivity index (χ0n) is 16.0. The number of aromatic nitrogens is 2. The van der Waals surface area contributed by atoms with Crippen molar-refractivity contribution in [2.75, 3.05) is 23.7 Å². The molecule has 1 heterocycles. The maximum absolute atomic E-state index is 13.1. The van der Waals surface area contributed by atoms with Crippen LogP contribution in [0.25, 0.3) is 0 Å². The zero-order valence-corrected chi connectivity index (χ0v) is 16.0. The Morgan fingerprint density at radius 3 is 2.31 bits per heavy atom. The number of alkyl halides is 3. The van der Waals surface area contributed by atoms with Crippen molar-refractivity contribution in [3.8, 4) is 0 Å². The van der Waals surface area contributed by atoms with E-state index in [-0.39, 0.29) is 24.9 Å². The number of amides is 1. The van der Waals surface area contributed by atoms with Crippen LogP contribution in [0.2, 0.25) is 0 Å². The number of nitrogens with zero attached hydrogens (tertiary/aromatic N) is 2. The van der Waals surface area contributed by atoms with E-state index in [0.717, 1.165) is 18.2 Å². The van der Waals surface area contributed by atoms with Crippen molar-refractivity contribution in [2.24, 2.45) is 0 Å². The highest BCUT2D eigenvalue weighted by molar-refractivity contribution is 5.67. The molecule has 0 aliphatic heterocycles. The third-order valence-electron chi connectivity index (χ3n) is 3.21. The van der Waals surface area contributed by atoms with E-state index in [4.69, 9.17) is 4.74 Å². The zero-order chi connectivity index (χ0) is 21.7. The van der Waals surface area contributed by atoms with Crippen molar-refractivity contribution < 1.29 is 27.1 Å². The van der Waals surface area contributed by atoms with E-state index in [1.165, 1.54) is 12.1 Å². The highest BCUT2D eigenvalue weighted by Gasteiger charge is 2.33. The summed E-state index contributed by atoms with van der Waals surface area (Å²) in [5.41, 5.74) is -1.46. The summed E-state index contributed by atoms with van der Waals surface area (Å²) in [7, 11) is 0. The van der Waals surface area contributed by atoms with Crippen LogP contribution in [0, 0.1) is 5.82 Å². The maximum atomic E-state index is 13.1. The fraction of sp³-hybridized carbons (Fsp3) is 0.389. The van der Waals surface area contributed by atoms with Gasteiger partial charge in [0.25, 0.3) is 0 Å². The number of hydrogen-bond donors (Lipinski definition) is 3. The van der Waals surface area contributed by atoms with E-state index < -0.39 is 29.4 Å². The van der Waals surface area contributed by atoms with Crippen LogP contribution in [0.1, 0.15) is 26.5 Å². The van der Waals surface area contributed by atoms with E-state index in [2.05, 4.69) is 25.9 Å². The lowest BCUT2D eigenvalue weighted by Gasteiger charge is -2.19. The Kier molecular flexibility index (Phi) is 6.83. The monoisotopic (exact) mass is 415 g/mol. The van der Waals surface area contributed by atoms with Gasteiger partial charge in [0.2, 0.25) is 5.95 Å². The van der Waals surface area contributed by atoms with Crippen molar-refractivity contribution in [1.82, 2.24) is 15.3 Å². The first-order valence-corrected chi connectivity index (χ1v) is 8.62. The van der Waals surface area contributed by atoms with E-state index in [1.807, 2.05) is 0 Å². The van der Waals surface area contributed by atoms with Crippen LogP contribution in [0.3, 0.4) is 0 Å². The highest BCUT2D eigenvalue weighted by atomic mass is 19.4. The van der Waals surface area contributed by atoms with Crippen LogP contribution in [0.15, 0.2) is 30.3 Å².